The summed E-state index contributed by atoms with van der Waals surface area (Å²) in [5.41, 5.74) is 1.72. The van der Waals surface area contributed by atoms with Crippen LogP contribution in [0.5, 0.6) is 0 Å². The van der Waals surface area contributed by atoms with Gasteiger partial charge in [0.15, 0.2) is 0 Å². The minimum atomic E-state index is 0.220. The van der Waals surface area contributed by atoms with Crippen molar-refractivity contribution in [3.63, 3.8) is 0 Å². The molecule has 0 spiro atoms. The number of hydrogen-bond acceptors (Lipinski definition) is 0. The average molecular weight is 266 g/mol. The standard InChI is InChI=1S/C20H26/c1-2-20(18-13-7-4-8-14-18)16-10-9-15-19(20)17-11-5-3-6-12-17/h4,7-10,13-17,19H,2-3,5-6,11-12H2,1H3. The Labute approximate surface area is 123 Å². The largest absolute Gasteiger partial charge is 0.0799 e. The number of hydrogen-bond donors (Lipinski definition) is 0. The van der Waals surface area contributed by atoms with Gasteiger partial charge in [0.1, 0.15) is 0 Å². The maximum absolute atomic E-state index is 2.49. The van der Waals surface area contributed by atoms with Crippen LogP contribution in [0.2, 0.25) is 0 Å². The van der Waals surface area contributed by atoms with Crippen molar-refractivity contribution >= 4 is 0 Å². The third-order valence-electron chi connectivity index (χ3n) is 5.47. The predicted molar refractivity (Wildman–Crippen MR) is 86.8 cm³/mol. The van der Waals surface area contributed by atoms with Crippen LogP contribution in [0, 0.1) is 11.8 Å². The summed E-state index contributed by atoms with van der Waals surface area (Å²) in [5, 5.41) is 0. The highest BCUT2D eigenvalue weighted by Gasteiger charge is 2.40. The maximum Gasteiger partial charge on any atom is 0.0198 e. The van der Waals surface area contributed by atoms with Crippen molar-refractivity contribution in [1.82, 2.24) is 0 Å². The molecule has 1 saturated carbocycles. The predicted octanol–water partition coefficient (Wildman–Crippen LogP) is 5.66. The normalized spacial score (nSPS) is 30.6. The molecule has 2 atom stereocenters. The van der Waals surface area contributed by atoms with Crippen molar-refractivity contribution in [2.75, 3.05) is 0 Å². The zero-order valence-electron chi connectivity index (χ0n) is 12.6. The Morgan fingerprint density at radius 3 is 2.45 bits per heavy atom. The molecule has 2 aliphatic rings. The van der Waals surface area contributed by atoms with E-state index in [1.54, 1.807) is 0 Å². The Kier molecular flexibility index (Phi) is 4.10. The summed E-state index contributed by atoms with van der Waals surface area (Å²) in [6.07, 6.45) is 17.8. The van der Waals surface area contributed by atoms with E-state index in [1.165, 1.54) is 44.1 Å². The molecule has 0 amide bonds. The Balaban J connectivity index is 1.98. The molecule has 1 aromatic rings. The highest BCUT2D eigenvalue weighted by Crippen LogP contribution is 2.47. The molecule has 0 N–H and O–H groups in total. The second-order valence-corrected chi connectivity index (χ2v) is 6.43. The fraction of sp³-hybridized carbons (Fsp3) is 0.500. The Morgan fingerprint density at radius 1 is 1.00 bits per heavy atom. The van der Waals surface area contributed by atoms with Crippen LogP contribution in [0.25, 0.3) is 0 Å². The number of allylic oxidation sites excluding steroid dienone is 4. The van der Waals surface area contributed by atoms with Crippen molar-refractivity contribution in [3.8, 4) is 0 Å². The Bertz CT molecular complexity index is 476. The summed E-state index contributed by atoms with van der Waals surface area (Å²) in [7, 11) is 0. The molecule has 1 fully saturated rings. The van der Waals surface area contributed by atoms with E-state index in [1.807, 2.05) is 0 Å². The summed E-state index contributed by atoms with van der Waals surface area (Å²) in [5.74, 6) is 1.55. The third-order valence-corrected chi connectivity index (χ3v) is 5.47. The third kappa shape index (κ3) is 2.37. The van der Waals surface area contributed by atoms with Gasteiger partial charge in [-0.3, -0.25) is 0 Å². The van der Waals surface area contributed by atoms with Gasteiger partial charge in [0, 0.05) is 5.41 Å². The van der Waals surface area contributed by atoms with Gasteiger partial charge in [-0.05, 0) is 36.7 Å². The van der Waals surface area contributed by atoms with E-state index in [-0.39, 0.29) is 5.41 Å². The maximum atomic E-state index is 2.49. The summed E-state index contributed by atoms with van der Waals surface area (Å²) < 4.78 is 0. The van der Waals surface area contributed by atoms with Gasteiger partial charge in [0.05, 0.1) is 0 Å². The van der Waals surface area contributed by atoms with Crippen molar-refractivity contribution < 1.29 is 0 Å². The molecule has 0 nitrogen and oxygen atoms in total. The lowest BCUT2D eigenvalue weighted by Crippen LogP contribution is -2.38. The molecular weight excluding hydrogens is 240 g/mol. The SMILES string of the molecule is CCC1(c2ccccc2)C=CC=CC1C1CCCCC1. The van der Waals surface area contributed by atoms with Crippen LogP contribution in [0.1, 0.15) is 51.0 Å². The molecular formula is C20H26. The van der Waals surface area contributed by atoms with Crippen molar-refractivity contribution in [2.45, 2.75) is 50.9 Å². The van der Waals surface area contributed by atoms with Gasteiger partial charge in [-0.15, -0.1) is 0 Å². The lowest BCUT2D eigenvalue weighted by Gasteiger charge is -2.44. The van der Waals surface area contributed by atoms with Crippen molar-refractivity contribution in [2.24, 2.45) is 11.8 Å². The Hall–Kier alpha value is -1.30. The molecule has 0 saturated heterocycles. The van der Waals surface area contributed by atoms with Gasteiger partial charge in [0.2, 0.25) is 0 Å². The lowest BCUT2D eigenvalue weighted by atomic mass is 9.60. The second-order valence-electron chi connectivity index (χ2n) is 6.43. The van der Waals surface area contributed by atoms with E-state index in [0.29, 0.717) is 5.92 Å². The van der Waals surface area contributed by atoms with Gasteiger partial charge >= 0.3 is 0 Å². The summed E-state index contributed by atoms with van der Waals surface area (Å²) in [6.45, 7) is 2.35. The highest BCUT2D eigenvalue weighted by atomic mass is 14.4. The molecule has 106 valence electrons. The molecule has 0 bridgehead atoms. The van der Waals surface area contributed by atoms with Crippen LogP contribution in [0.3, 0.4) is 0 Å². The summed E-state index contributed by atoms with van der Waals surface area (Å²) >= 11 is 0. The molecule has 2 aliphatic carbocycles. The number of benzene rings is 1. The first-order valence-corrected chi connectivity index (χ1v) is 8.28. The monoisotopic (exact) mass is 266 g/mol. The zero-order valence-corrected chi connectivity index (χ0v) is 12.6. The molecule has 3 rings (SSSR count). The van der Waals surface area contributed by atoms with Crippen molar-refractivity contribution in [1.29, 1.82) is 0 Å². The molecule has 0 aliphatic heterocycles. The van der Waals surface area contributed by atoms with Gasteiger partial charge in [-0.25, -0.2) is 0 Å². The van der Waals surface area contributed by atoms with Crippen LogP contribution in [-0.2, 0) is 5.41 Å². The van der Waals surface area contributed by atoms with Crippen LogP contribution in [0.4, 0.5) is 0 Å². The van der Waals surface area contributed by atoms with E-state index in [4.69, 9.17) is 0 Å². The van der Waals surface area contributed by atoms with Crippen LogP contribution < -0.4 is 0 Å². The van der Waals surface area contributed by atoms with Crippen LogP contribution >= 0.6 is 0 Å². The zero-order chi connectivity index (χ0) is 13.8. The smallest absolute Gasteiger partial charge is 0.0198 e. The van der Waals surface area contributed by atoms with E-state index in [9.17, 15) is 0 Å². The first-order chi connectivity index (χ1) is 9.87. The van der Waals surface area contributed by atoms with E-state index < -0.39 is 0 Å². The minimum absolute atomic E-state index is 0.220. The van der Waals surface area contributed by atoms with Crippen LogP contribution in [-0.4, -0.2) is 0 Å². The fourth-order valence-electron chi connectivity index (χ4n) is 4.36. The van der Waals surface area contributed by atoms with Crippen molar-refractivity contribution in [3.05, 3.63) is 60.2 Å². The topological polar surface area (TPSA) is 0 Å². The molecule has 0 radical (unpaired) electrons. The van der Waals surface area contributed by atoms with Gasteiger partial charge in [-0.1, -0.05) is 80.8 Å². The highest BCUT2D eigenvalue weighted by molar-refractivity contribution is 5.38. The molecule has 20 heavy (non-hydrogen) atoms. The molecule has 0 aromatic heterocycles. The molecule has 1 aromatic carbocycles. The van der Waals surface area contributed by atoms with Gasteiger partial charge in [0.25, 0.3) is 0 Å². The van der Waals surface area contributed by atoms with E-state index >= 15 is 0 Å². The Morgan fingerprint density at radius 2 is 1.75 bits per heavy atom. The molecule has 0 heteroatoms. The minimum Gasteiger partial charge on any atom is -0.0799 e. The van der Waals surface area contributed by atoms with E-state index in [2.05, 4.69) is 61.6 Å². The lowest BCUT2D eigenvalue weighted by molar-refractivity contribution is 0.210. The van der Waals surface area contributed by atoms with E-state index in [0.717, 1.165) is 5.92 Å². The van der Waals surface area contributed by atoms with Gasteiger partial charge < -0.3 is 0 Å². The first-order valence-electron chi connectivity index (χ1n) is 8.28. The fourth-order valence-corrected chi connectivity index (χ4v) is 4.36. The molecule has 0 heterocycles. The first kappa shape index (κ1) is 13.7. The average Bonchev–Trinajstić information content (AvgIpc) is 2.56. The second kappa shape index (κ2) is 5.99. The summed E-state index contributed by atoms with van der Waals surface area (Å²) in [6, 6.07) is 11.2. The summed E-state index contributed by atoms with van der Waals surface area (Å²) in [4.78, 5) is 0. The van der Waals surface area contributed by atoms with Crippen LogP contribution in [0.15, 0.2) is 54.6 Å². The number of rotatable bonds is 3. The quantitative estimate of drug-likeness (QED) is 0.662. The molecule has 2 unspecified atom stereocenters. The van der Waals surface area contributed by atoms with Gasteiger partial charge in [-0.2, -0.15) is 0 Å².